The number of hydrogen-bond acceptors (Lipinski definition) is 8. The molecule has 39 heavy (non-hydrogen) atoms. The lowest BCUT2D eigenvalue weighted by Gasteiger charge is -2.33. The molecule has 2 aromatic heterocycles. The van der Waals surface area contributed by atoms with E-state index in [1.165, 1.54) is 12.1 Å². The minimum absolute atomic E-state index is 0.140. The van der Waals surface area contributed by atoms with E-state index >= 15 is 0 Å². The van der Waals surface area contributed by atoms with Crippen LogP contribution in [0.15, 0.2) is 54.9 Å². The summed E-state index contributed by atoms with van der Waals surface area (Å²) < 4.78 is 25.7. The summed E-state index contributed by atoms with van der Waals surface area (Å²) in [5, 5.41) is 7.34. The molecule has 0 spiro atoms. The van der Waals surface area contributed by atoms with Gasteiger partial charge in [0, 0.05) is 24.8 Å². The Hall–Kier alpha value is -3.26. The number of halogens is 2. The summed E-state index contributed by atoms with van der Waals surface area (Å²) in [6.45, 7) is 4.70. The Bertz CT molecular complexity index is 1530. The monoisotopic (exact) mass is 563 g/mol. The number of thiophene rings is 1. The van der Waals surface area contributed by atoms with Crippen molar-refractivity contribution < 1.29 is 13.9 Å². The zero-order chi connectivity index (χ0) is 26.6. The molecule has 0 bridgehead atoms. The maximum atomic E-state index is 13.4. The van der Waals surface area contributed by atoms with Crippen molar-refractivity contribution in [3.8, 4) is 17.6 Å². The lowest BCUT2D eigenvalue weighted by molar-refractivity contribution is 0.0173. The van der Waals surface area contributed by atoms with Crippen LogP contribution in [0, 0.1) is 17.7 Å². The van der Waals surface area contributed by atoms with Gasteiger partial charge < -0.3 is 20.1 Å². The number of hydrogen-bond donors (Lipinski definition) is 2. The van der Waals surface area contributed by atoms with Gasteiger partial charge in [-0.15, -0.1) is 11.3 Å². The predicted octanol–water partition coefficient (Wildman–Crippen LogP) is 5.22. The number of anilines is 2. The van der Waals surface area contributed by atoms with Gasteiger partial charge in [-0.2, -0.15) is 0 Å². The maximum absolute atomic E-state index is 13.4. The van der Waals surface area contributed by atoms with E-state index in [-0.39, 0.29) is 18.5 Å². The first-order chi connectivity index (χ1) is 19.1. The highest BCUT2D eigenvalue weighted by molar-refractivity contribution is 7.20. The number of nitrogens with one attached hydrogen (secondary N) is 2. The fourth-order valence-electron chi connectivity index (χ4n) is 4.91. The zero-order valence-corrected chi connectivity index (χ0v) is 22.7. The summed E-state index contributed by atoms with van der Waals surface area (Å²) >= 11 is 8.05. The van der Waals surface area contributed by atoms with E-state index in [9.17, 15) is 4.39 Å². The summed E-state index contributed by atoms with van der Waals surface area (Å²) in [7, 11) is 0. The van der Waals surface area contributed by atoms with Crippen molar-refractivity contribution >= 4 is 44.7 Å². The van der Waals surface area contributed by atoms with Gasteiger partial charge in [0.25, 0.3) is 0 Å². The van der Waals surface area contributed by atoms with E-state index in [0.29, 0.717) is 22.6 Å². The number of nitrogens with zero attached hydrogens (tertiary/aromatic N) is 3. The second-order valence-corrected chi connectivity index (χ2v) is 10.9. The summed E-state index contributed by atoms with van der Waals surface area (Å²) in [5.41, 5.74) is 2.34. The quantitative estimate of drug-likeness (QED) is 0.312. The van der Waals surface area contributed by atoms with E-state index < -0.39 is 0 Å². The first-order valence-electron chi connectivity index (χ1n) is 12.9. The minimum Gasteiger partial charge on any atom is -0.487 e. The lowest BCUT2D eigenvalue weighted by Crippen LogP contribution is -2.48. The molecule has 4 aromatic rings. The average Bonchev–Trinajstić information content (AvgIpc) is 3.59. The number of morpholine rings is 1. The van der Waals surface area contributed by atoms with Crippen LogP contribution < -0.4 is 15.4 Å². The fraction of sp³-hybridized carbons (Fsp3) is 0.310. The summed E-state index contributed by atoms with van der Waals surface area (Å²) in [6, 6.07) is 14.3. The molecule has 4 heterocycles. The number of benzene rings is 2. The van der Waals surface area contributed by atoms with Crippen LogP contribution in [0.25, 0.3) is 10.2 Å². The van der Waals surface area contributed by atoms with E-state index in [0.717, 1.165) is 65.6 Å². The van der Waals surface area contributed by atoms with Crippen molar-refractivity contribution in [2.75, 3.05) is 38.2 Å². The molecule has 6 rings (SSSR count). The fourth-order valence-corrected chi connectivity index (χ4v) is 6.07. The highest BCUT2D eigenvalue weighted by Crippen LogP contribution is 2.33. The summed E-state index contributed by atoms with van der Waals surface area (Å²) in [5.74, 6) is 7.74. The normalized spacial score (nSPS) is 19.5. The van der Waals surface area contributed by atoms with Crippen LogP contribution in [-0.2, 0) is 11.3 Å². The molecule has 0 radical (unpaired) electrons. The molecule has 2 saturated heterocycles. The number of aromatic nitrogens is 2. The topological polar surface area (TPSA) is 71.5 Å². The predicted molar refractivity (Wildman–Crippen MR) is 152 cm³/mol. The molecule has 2 aromatic carbocycles. The van der Waals surface area contributed by atoms with E-state index in [1.807, 2.05) is 12.1 Å². The van der Waals surface area contributed by atoms with Gasteiger partial charge in [-0.1, -0.05) is 35.6 Å². The number of ether oxygens (including phenoxy) is 2. The third-order valence-corrected chi connectivity index (χ3v) is 8.19. The van der Waals surface area contributed by atoms with Crippen molar-refractivity contribution in [1.29, 1.82) is 0 Å². The van der Waals surface area contributed by atoms with Gasteiger partial charge in [0.1, 0.15) is 24.5 Å². The molecule has 10 heteroatoms. The van der Waals surface area contributed by atoms with Crippen LogP contribution >= 0.6 is 22.9 Å². The number of rotatable bonds is 6. The van der Waals surface area contributed by atoms with Crippen LogP contribution in [0.5, 0.6) is 5.75 Å². The largest absolute Gasteiger partial charge is 0.487 e. The Balaban J connectivity index is 1.15. The van der Waals surface area contributed by atoms with Crippen LogP contribution in [0.4, 0.5) is 15.9 Å². The summed E-state index contributed by atoms with van der Waals surface area (Å²) in [4.78, 5) is 12.3. The molecule has 0 aliphatic carbocycles. The molecule has 0 saturated carbocycles. The molecule has 200 valence electrons. The second-order valence-electron chi connectivity index (χ2n) is 9.44. The van der Waals surface area contributed by atoms with E-state index in [4.69, 9.17) is 21.1 Å². The van der Waals surface area contributed by atoms with Gasteiger partial charge >= 0.3 is 0 Å². The average molecular weight is 564 g/mol. The Labute approximate surface area is 235 Å². The van der Waals surface area contributed by atoms with Crippen LogP contribution in [0.2, 0.25) is 5.02 Å². The Kier molecular flexibility index (Phi) is 7.90. The molecule has 2 fully saturated rings. The van der Waals surface area contributed by atoms with Gasteiger partial charge in [-0.3, -0.25) is 4.90 Å². The minimum atomic E-state index is -0.298. The van der Waals surface area contributed by atoms with Gasteiger partial charge in [-0.25, -0.2) is 14.4 Å². The van der Waals surface area contributed by atoms with Gasteiger partial charge in [-0.05, 0) is 54.9 Å². The Morgan fingerprint density at radius 2 is 2.08 bits per heavy atom. The van der Waals surface area contributed by atoms with Crippen molar-refractivity contribution in [1.82, 2.24) is 20.2 Å². The standard InChI is InChI=1S/C29H27ClFN5O2S/c30-23-15-21(4-7-27(23)38-17-19-2-1-3-20(31)14-19)35-29-28-25(33-18-34-29)16-22(39-28)5-6-24-26(8-9-32-24)36-10-12-37-13-11-36/h1-4,7,14-16,18,24,26,32H,8-13,17H2,(H,33,34,35)/t24-,26-/m0/s1. The number of fused-ring (bicyclic) bond motifs is 1. The molecular weight excluding hydrogens is 537 g/mol. The molecule has 0 unspecified atom stereocenters. The van der Waals surface area contributed by atoms with Gasteiger partial charge in [0.2, 0.25) is 0 Å². The molecule has 2 aliphatic rings. The first-order valence-corrected chi connectivity index (χ1v) is 14.1. The zero-order valence-electron chi connectivity index (χ0n) is 21.1. The van der Waals surface area contributed by atoms with Crippen LogP contribution in [0.1, 0.15) is 16.9 Å². The molecular formula is C29H27ClFN5O2S. The van der Waals surface area contributed by atoms with Crippen molar-refractivity contribution in [2.24, 2.45) is 0 Å². The van der Waals surface area contributed by atoms with E-state index in [2.05, 4.69) is 37.3 Å². The van der Waals surface area contributed by atoms with Gasteiger partial charge in [0.05, 0.1) is 39.4 Å². The highest BCUT2D eigenvalue weighted by atomic mass is 35.5. The molecule has 2 N–H and O–H groups in total. The Morgan fingerprint density at radius 3 is 2.92 bits per heavy atom. The third kappa shape index (κ3) is 6.16. The van der Waals surface area contributed by atoms with E-state index in [1.54, 1.807) is 41.9 Å². The lowest BCUT2D eigenvalue weighted by atomic mass is 10.1. The molecule has 0 amide bonds. The first kappa shape index (κ1) is 26.0. The Morgan fingerprint density at radius 1 is 1.18 bits per heavy atom. The van der Waals surface area contributed by atoms with Crippen LogP contribution in [0.3, 0.4) is 0 Å². The second kappa shape index (κ2) is 11.9. The SMILES string of the molecule is Fc1cccc(COc2ccc(Nc3ncnc4cc(C#C[C@@H]5NCC[C@@H]5N5CCOCC5)sc34)cc2Cl)c1. The molecule has 7 nitrogen and oxygen atoms in total. The van der Waals surface area contributed by atoms with Crippen LogP contribution in [-0.4, -0.2) is 59.8 Å². The van der Waals surface area contributed by atoms with Crippen molar-refractivity contribution in [3.05, 3.63) is 76.1 Å². The maximum Gasteiger partial charge on any atom is 0.151 e. The molecule has 2 aliphatic heterocycles. The highest BCUT2D eigenvalue weighted by Gasteiger charge is 2.31. The van der Waals surface area contributed by atoms with Crippen molar-refractivity contribution in [3.63, 3.8) is 0 Å². The van der Waals surface area contributed by atoms with Gasteiger partial charge in [0.15, 0.2) is 5.82 Å². The summed E-state index contributed by atoms with van der Waals surface area (Å²) in [6.07, 6.45) is 2.64. The van der Waals surface area contributed by atoms with Crippen molar-refractivity contribution in [2.45, 2.75) is 25.1 Å². The smallest absolute Gasteiger partial charge is 0.151 e. The third-order valence-electron chi connectivity index (χ3n) is 6.84. The molecule has 2 atom stereocenters.